The fourth-order valence-corrected chi connectivity index (χ4v) is 3.14. The summed E-state index contributed by atoms with van der Waals surface area (Å²) in [5.74, 6) is -0.233. The van der Waals surface area contributed by atoms with Crippen LogP contribution < -0.4 is 5.73 Å². The lowest BCUT2D eigenvalue weighted by molar-refractivity contribution is 0.460. The zero-order valence-corrected chi connectivity index (χ0v) is 12.4. The summed E-state index contributed by atoms with van der Waals surface area (Å²) < 4.78 is 15.9. The highest BCUT2D eigenvalue weighted by Crippen LogP contribution is 2.29. The highest BCUT2D eigenvalue weighted by atomic mass is 19.1. The molecule has 1 aliphatic carbocycles. The van der Waals surface area contributed by atoms with Gasteiger partial charge in [-0.15, -0.1) is 0 Å². The molecule has 2 N–H and O–H groups in total. The molecule has 21 heavy (non-hydrogen) atoms. The smallest absolute Gasteiger partial charge is 0.128 e. The lowest BCUT2D eigenvalue weighted by Gasteiger charge is -2.13. The molecule has 1 fully saturated rings. The Morgan fingerprint density at radius 3 is 2.86 bits per heavy atom. The summed E-state index contributed by atoms with van der Waals surface area (Å²) in [6.45, 7) is 1.95. The molecule has 1 heterocycles. The minimum absolute atomic E-state index is 0.233. The topological polar surface area (TPSA) is 43.8 Å². The van der Waals surface area contributed by atoms with Crippen LogP contribution in [-0.4, -0.2) is 9.78 Å². The molecule has 4 heteroatoms. The summed E-state index contributed by atoms with van der Waals surface area (Å²) in [7, 11) is 0. The standard InChI is InChI=1S/C17H22FN3/c1-12-6-7-16(18)15(10-12)17(19)11-13-8-9-21(20-13)14-4-2-3-5-14/h6-10,14,17H,2-5,11,19H2,1H3. The first kappa shape index (κ1) is 14.3. The van der Waals surface area contributed by atoms with Crippen LogP contribution in [0.15, 0.2) is 30.5 Å². The predicted molar refractivity (Wildman–Crippen MR) is 81.5 cm³/mol. The van der Waals surface area contributed by atoms with Gasteiger partial charge in [-0.1, -0.05) is 30.5 Å². The Morgan fingerprint density at radius 2 is 2.10 bits per heavy atom. The molecule has 1 saturated carbocycles. The fraction of sp³-hybridized carbons (Fsp3) is 0.471. The summed E-state index contributed by atoms with van der Waals surface area (Å²) in [6.07, 6.45) is 7.59. The number of hydrogen-bond acceptors (Lipinski definition) is 2. The Morgan fingerprint density at radius 1 is 1.33 bits per heavy atom. The zero-order valence-electron chi connectivity index (χ0n) is 12.4. The van der Waals surface area contributed by atoms with E-state index in [0.717, 1.165) is 11.3 Å². The molecule has 1 atom stereocenters. The van der Waals surface area contributed by atoms with Crippen molar-refractivity contribution in [2.45, 2.75) is 51.1 Å². The predicted octanol–water partition coefficient (Wildman–Crippen LogP) is 3.69. The van der Waals surface area contributed by atoms with Crippen LogP contribution in [0, 0.1) is 12.7 Å². The Balaban J connectivity index is 1.72. The van der Waals surface area contributed by atoms with Crippen molar-refractivity contribution in [3.8, 4) is 0 Å². The monoisotopic (exact) mass is 287 g/mol. The molecular weight excluding hydrogens is 265 g/mol. The highest BCUT2D eigenvalue weighted by molar-refractivity contribution is 5.27. The fourth-order valence-electron chi connectivity index (χ4n) is 3.14. The van der Waals surface area contributed by atoms with E-state index in [2.05, 4.69) is 9.78 Å². The third-order valence-electron chi connectivity index (χ3n) is 4.34. The Hall–Kier alpha value is -1.68. The van der Waals surface area contributed by atoms with E-state index in [9.17, 15) is 4.39 Å². The van der Waals surface area contributed by atoms with Gasteiger partial charge in [-0.05, 0) is 31.9 Å². The quantitative estimate of drug-likeness (QED) is 0.932. The van der Waals surface area contributed by atoms with Crippen LogP contribution in [-0.2, 0) is 6.42 Å². The first-order chi connectivity index (χ1) is 10.1. The van der Waals surface area contributed by atoms with E-state index in [1.54, 1.807) is 6.07 Å². The van der Waals surface area contributed by atoms with E-state index in [1.165, 1.54) is 31.7 Å². The van der Waals surface area contributed by atoms with E-state index in [-0.39, 0.29) is 11.9 Å². The maximum atomic E-state index is 13.9. The molecule has 1 aromatic heterocycles. The summed E-state index contributed by atoms with van der Waals surface area (Å²) in [6, 6.07) is 7.27. The molecule has 1 aliphatic rings. The average Bonchev–Trinajstić information content (AvgIpc) is 3.11. The third kappa shape index (κ3) is 3.16. The first-order valence-corrected chi connectivity index (χ1v) is 7.69. The van der Waals surface area contributed by atoms with Gasteiger partial charge in [0.05, 0.1) is 11.7 Å². The van der Waals surface area contributed by atoms with Gasteiger partial charge in [0, 0.05) is 24.2 Å². The molecule has 1 aromatic carbocycles. The summed E-state index contributed by atoms with van der Waals surface area (Å²) in [4.78, 5) is 0. The van der Waals surface area contributed by atoms with Gasteiger partial charge < -0.3 is 5.73 Å². The Kier molecular flexibility index (Phi) is 4.06. The van der Waals surface area contributed by atoms with E-state index >= 15 is 0 Å². The van der Waals surface area contributed by atoms with Gasteiger partial charge in [-0.2, -0.15) is 5.10 Å². The van der Waals surface area contributed by atoms with Crippen LogP contribution in [0.4, 0.5) is 4.39 Å². The normalized spacial score (nSPS) is 17.3. The van der Waals surface area contributed by atoms with Gasteiger partial charge >= 0.3 is 0 Å². The molecule has 112 valence electrons. The van der Waals surface area contributed by atoms with Crippen LogP contribution in [0.3, 0.4) is 0 Å². The van der Waals surface area contributed by atoms with E-state index in [4.69, 9.17) is 5.73 Å². The molecule has 0 saturated heterocycles. The van der Waals surface area contributed by atoms with Crippen molar-refractivity contribution in [2.24, 2.45) is 5.73 Å². The number of rotatable bonds is 4. The van der Waals surface area contributed by atoms with Gasteiger partial charge in [0.15, 0.2) is 0 Å². The van der Waals surface area contributed by atoms with Crippen molar-refractivity contribution in [1.82, 2.24) is 9.78 Å². The SMILES string of the molecule is Cc1ccc(F)c(C(N)Cc2ccn(C3CCCC3)n2)c1. The van der Waals surface area contributed by atoms with Crippen molar-refractivity contribution >= 4 is 0 Å². The average molecular weight is 287 g/mol. The van der Waals surface area contributed by atoms with Gasteiger partial charge in [0.1, 0.15) is 5.82 Å². The van der Waals surface area contributed by atoms with Gasteiger partial charge in [0.25, 0.3) is 0 Å². The number of nitrogens with two attached hydrogens (primary N) is 1. The molecule has 3 rings (SSSR count). The van der Waals surface area contributed by atoms with Crippen LogP contribution in [0.5, 0.6) is 0 Å². The second kappa shape index (κ2) is 5.98. The maximum Gasteiger partial charge on any atom is 0.128 e. The number of nitrogens with zero attached hydrogens (tertiary/aromatic N) is 2. The molecule has 2 aromatic rings. The Labute approximate surface area is 125 Å². The van der Waals surface area contributed by atoms with Crippen molar-refractivity contribution in [3.05, 3.63) is 53.1 Å². The molecule has 0 aliphatic heterocycles. The van der Waals surface area contributed by atoms with Gasteiger partial charge in [-0.25, -0.2) is 4.39 Å². The Bertz CT molecular complexity index is 614. The second-order valence-electron chi connectivity index (χ2n) is 6.06. The largest absolute Gasteiger partial charge is 0.324 e. The molecule has 0 bridgehead atoms. The molecule has 0 amide bonds. The number of aromatic nitrogens is 2. The lowest BCUT2D eigenvalue weighted by atomic mass is 10.0. The van der Waals surface area contributed by atoms with Crippen molar-refractivity contribution < 1.29 is 4.39 Å². The lowest BCUT2D eigenvalue weighted by Crippen LogP contribution is -2.16. The number of halogens is 1. The third-order valence-corrected chi connectivity index (χ3v) is 4.34. The molecule has 0 spiro atoms. The van der Waals surface area contributed by atoms with Gasteiger partial charge in [-0.3, -0.25) is 4.68 Å². The number of hydrogen-bond donors (Lipinski definition) is 1. The van der Waals surface area contributed by atoms with Crippen LogP contribution in [0.25, 0.3) is 0 Å². The maximum absolute atomic E-state index is 13.9. The van der Waals surface area contributed by atoms with Crippen molar-refractivity contribution in [2.75, 3.05) is 0 Å². The minimum Gasteiger partial charge on any atom is -0.324 e. The van der Waals surface area contributed by atoms with Crippen molar-refractivity contribution in [3.63, 3.8) is 0 Å². The summed E-state index contributed by atoms with van der Waals surface area (Å²) in [5, 5.41) is 4.62. The highest BCUT2D eigenvalue weighted by Gasteiger charge is 2.19. The summed E-state index contributed by atoms with van der Waals surface area (Å²) >= 11 is 0. The minimum atomic E-state index is -0.350. The van der Waals surface area contributed by atoms with Crippen LogP contribution in [0.2, 0.25) is 0 Å². The van der Waals surface area contributed by atoms with Gasteiger partial charge in [0.2, 0.25) is 0 Å². The molecular formula is C17H22FN3. The van der Waals surface area contributed by atoms with E-state index < -0.39 is 0 Å². The van der Waals surface area contributed by atoms with Crippen LogP contribution >= 0.6 is 0 Å². The zero-order chi connectivity index (χ0) is 14.8. The second-order valence-corrected chi connectivity index (χ2v) is 6.06. The molecule has 3 nitrogen and oxygen atoms in total. The first-order valence-electron chi connectivity index (χ1n) is 7.69. The number of aryl methyl sites for hydroxylation is 1. The van der Waals surface area contributed by atoms with Crippen LogP contribution in [0.1, 0.15) is 54.6 Å². The molecule has 1 unspecified atom stereocenters. The van der Waals surface area contributed by atoms with Crippen molar-refractivity contribution in [1.29, 1.82) is 0 Å². The summed E-state index contributed by atoms with van der Waals surface area (Å²) in [5.41, 5.74) is 8.71. The number of benzene rings is 1. The van der Waals surface area contributed by atoms with E-state index in [0.29, 0.717) is 18.0 Å². The molecule has 0 radical (unpaired) electrons. The van der Waals surface area contributed by atoms with E-state index in [1.807, 2.05) is 25.3 Å².